The predicted molar refractivity (Wildman–Crippen MR) is 92.0 cm³/mol. The van der Waals surface area contributed by atoms with Gasteiger partial charge in [-0.15, -0.1) is 0 Å². The third-order valence-electron chi connectivity index (χ3n) is 4.74. The van der Waals surface area contributed by atoms with Gasteiger partial charge >= 0.3 is 0 Å². The highest BCUT2D eigenvalue weighted by Gasteiger charge is 2.23. The second kappa shape index (κ2) is 6.01. The summed E-state index contributed by atoms with van der Waals surface area (Å²) in [4.78, 5) is 4.64. The molecule has 0 spiro atoms. The lowest BCUT2D eigenvalue weighted by Crippen LogP contribution is -2.15. The standard InChI is InChI=1S/C20H19N3O/c1-14-17(11-12-21)23-13-5-10-19(20(23)22-14)24-18-9-4-7-15-6-2-3-8-16(15)18/h2-3,5-6,8,10,13,18H,4,7,9,11H2,1H3. The summed E-state index contributed by atoms with van der Waals surface area (Å²) >= 11 is 0. The van der Waals surface area contributed by atoms with Crippen molar-refractivity contribution in [1.82, 2.24) is 9.38 Å². The molecule has 0 radical (unpaired) electrons. The molecule has 0 N–H and O–H groups in total. The zero-order valence-corrected chi connectivity index (χ0v) is 13.7. The van der Waals surface area contributed by atoms with Crippen LogP contribution in [-0.2, 0) is 12.8 Å². The monoisotopic (exact) mass is 317 g/mol. The molecule has 1 atom stereocenters. The highest BCUT2D eigenvalue weighted by atomic mass is 16.5. The number of aryl methyl sites for hydroxylation is 2. The Morgan fingerprint density at radius 2 is 2.17 bits per heavy atom. The van der Waals surface area contributed by atoms with Crippen LogP contribution in [0.2, 0.25) is 0 Å². The van der Waals surface area contributed by atoms with Crippen LogP contribution in [0.3, 0.4) is 0 Å². The van der Waals surface area contributed by atoms with Gasteiger partial charge in [-0.25, -0.2) is 4.98 Å². The van der Waals surface area contributed by atoms with E-state index in [1.807, 2.05) is 29.7 Å². The molecule has 1 aliphatic rings. The van der Waals surface area contributed by atoms with Crippen LogP contribution in [0.1, 0.15) is 41.5 Å². The van der Waals surface area contributed by atoms with E-state index in [0.29, 0.717) is 6.42 Å². The molecule has 3 aromatic rings. The number of aromatic nitrogens is 2. The largest absolute Gasteiger partial charge is 0.482 e. The van der Waals surface area contributed by atoms with E-state index in [9.17, 15) is 0 Å². The first-order chi connectivity index (χ1) is 11.8. The van der Waals surface area contributed by atoms with Crippen LogP contribution in [-0.4, -0.2) is 9.38 Å². The van der Waals surface area contributed by atoms with Gasteiger partial charge in [0.1, 0.15) is 6.10 Å². The first-order valence-electron chi connectivity index (χ1n) is 8.36. The summed E-state index contributed by atoms with van der Waals surface area (Å²) in [7, 11) is 0. The number of nitriles is 1. The lowest BCUT2D eigenvalue weighted by atomic mass is 9.89. The van der Waals surface area contributed by atoms with E-state index in [1.54, 1.807) is 0 Å². The Morgan fingerprint density at radius 1 is 1.29 bits per heavy atom. The third-order valence-corrected chi connectivity index (χ3v) is 4.74. The van der Waals surface area contributed by atoms with Crippen molar-refractivity contribution in [2.45, 2.75) is 38.7 Å². The van der Waals surface area contributed by atoms with Gasteiger partial charge in [-0.1, -0.05) is 24.3 Å². The van der Waals surface area contributed by atoms with Crippen molar-refractivity contribution in [3.8, 4) is 11.8 Å². The van der Waals surface area contributed by atoms with Gasteiger partial charge in [0.15, 0.2) is 11.4 Å². The minimum Gasteiger partial charge on any atom is -0.482 e. The molecule has 120 valence electrons. The number of ether oxygens (including phenoxy) is 1. The minimum atomic E-state index is 0.0672. The van der Waals surface area contributed by atoms with Gasteiger partial charge in [0.25, 0.3) is 0 Å². The van der Waals surface area contributed by atoms with E-state index < -0.39 is 0 Å². The highest BCUT2D eigenvalue weighted by molar-refractivity contribution is 5.56. The number of hydrogen-bond donors (Lipinski definition) is 0. The van der Waals surface area contributed by atoms with Crippen LogP contribution < -0.4 is 4.74 Å². The quantitative estimate of drug-likeness (QED) is 0.728. The average Bonchev–Trinajstić information content (AvgIpc) is 2.93. The molecule has 0 fully saturated rings. The van der Waals surface area contributed by atoms with E-state index in [0.717, 1.165) is 42.0 Å². The average molecular weight is 317 g/mol. The van der Waals surface area contributed by atoms with Gasteiger partial charge in [-0.2, -0.15) is 5.26 Å². The molecular formula is C20H19N3O. The Morgan fingerprint density at radius 3 is 3.04 bits per heavy atom. The molecule has 0 saturated carbocycles. The molecule has 1 aliphatic carbocycles. The number of nitrogens with zero attached hydrogens (tertiary/aromatic N) is 3. The SMILES string of the molecule is Cc1nc2c(OC3CCCc4ccccc43)cccn2c1CC#N. The van der Waals surface area contributed by atoms with Crippen LogP contribution in [0.4, 0.5) is 0 Å². The Hall–Kier alpha value is -2.80. The van der Waals surface area contributed by atoms with Gasteiger partial charge in [0, 0.05) is 6.20 Å². The summed E-state index contributed by atoms with van der Waals surface area (Å²) in [6.45, 7) is 1.94. The molecule has 4 heteroatoms. The maximum absolute atomic E-state index is 9.04. The molecular weight excluding hydrogens is 298 g/mol. The van der Waals surface area contributed by atoms with Gasteiger partial charge in [0.2, 0.25) is 0 Å². The number of benzene rings is 1. The molecule has 4 nitrogen and oxygen atoms in total. The topological polar surface area (TPSA) is 50.3 Å². The van der Waals surface area contributed by atoms with E-state index in [1.165, 1.54) is 11.1 Å². The molecule has 1 aromatic carbocycles. The zero-order chi connectivity index (χ0) is 16.5. The van der Waals surface area contributed by atoms with Gasteiger partial charge in [-0.3, -0.25) is 4.40 Å². The second-order valence-electron chi connectivity index (χ2n) is 6.24. The van der Waals surface area contributed by atoms with Crippen molar-refractivity contribution < 1.29 is 4.74 Å². The first-order valence-corrected chi connectivity index (χ1v) is 8.36. The van der Waals surface area contributed by atoms with Crippen LogP contribution in [0.15, 0.2) is 42.6 Å². The third kappa shape index (κ3) is 2.43. The molecule has 2 heterocycles. The lowest BCUT2D eigenvalue weighted by Gasteiger charge is -2.26. The number of pyridine rings is 1. The van der Waals surface area contributed by atoms with Crippen LogP contribution in [0, 0.1) is 18.3 Å². The first kappa shape index (κ1) is 14.8. The number of imidazole rings is 1. The van der Waals surface area contributed by atoms with E-state index in [2.05, 4.69) is 35.3 Å². The van der Waals surface area contributed by atoms with Crippen LogP contribution in [0.5, 0.6) is 5.75 Å². The van der Waals surface area contributed by atoms with E-state index in [4.69, 9.17) is 10.00 Å². The Kier molecular flexibility index (Phi) is 3.70. The Labute approximate surface area is 141 Å². The smallest absolute Gasteiger partial charge is 0.180 e. The summed E-state index contributed by atoms with van der Waals surface area (Å²) < 4.78 is 8.35. The normalized spacial score (nSPS) is 16.6. The fraction of sp³-hybridized carbons (Fsp3) is 0.300. The van der Waals surface area contributed by atoms with Gasteiger partial charge in [-0.05, 0) is 49.4 Å². The zero-order valence-electron chi connectivity index (χ0n) is 13.7. The summed E-state index contributed by atoms with van der Waals surface area (Å²) in [6.07, 6.45) is 5.64. The minimum absolute atomic E-state index is 0.0672. The molecule has 2 aromatic heterocycles. The fourth-order valence-corrected chi connectivity index (χ4v) is 3.57. The van der Waals surface area contributed by atoms with Crippen molar-refractivity contribution >= 4 is 5.65 Å². The molecule has 4 rings (SSSR count). The maximum atomic E-state index is 9.04. The van der Waals surface area contributed by atoms with Crippen molar-refractivity contribution in [2.24, 2.45) is 0 Å². The Bertz CT molecular complexity index is 936. The molecule has 0 saturated heterocycles. The van der Waals surface area contributed by atoms with Crippen molar-refractivity contribution in [3.63, 3.8) is 0 Å². The van der Waals surface area contributed by atoms with E-state index >= 15 is 0 Å². The summed E-state index contributed by atoms with van der Waals surface area (Å²) in [5, 5.41) is 9.04. The summed E-state index contributed by atoms with van der Waals surface area (Å²) in [5.41, 5.74) is 5.28. The number of rotatable bonds is 3. The molecule has 1 unspecified atom stereocenters. The Balaban J connectivity index is 1.74. The highest BCUT2D eigenvalue weighted by Crippen LogP contribution is 2.35. The molecule has 0 aliphatic heterocycles. The van der Waals surface area contributed by atoms with Crippen LogP contribution in [0.25, 0.3) is 5.65 Å². The van der Waals surface area contributed by atoms with E-state index in [-0.39, 0.29) is 6.10 Å². The molecule has 24 heavy (non-hydrogen) atoms. The van der Waals surface area contributed by atoms with Crippen molar-refractivity contribution in [3.05, 3.63) is 65.1 Å². The molecule has 0 bridgehead atoms. The molecule has 0 amide bonds. The fourth-order valence-electron chi connectivity index (χ4n) is 3.57. The van der Waals surface area contributed by atoms with Crippen molar-refractivity contribution in [2.75, 3.05) is 0 Å². The number of fused-ring (bicyclic) bond motifs is 2. The second-order valence-corrected chi connectivity index (χ2v) is 6.24. The van der Waals surface area contributed by atoms with Gasteiger partial charge in [0.05, 0.1) is 23.9 Å². The van der Waals surface area contributed by atoms with Gasteiger partial charge < -0.3 is 4.74 Å². The van der Waals surface area contributed by atoms with Crippen LogP contribution >= 0.6 is 0 Å². The summed E-state index contributed by atoms with van der Waals surface area (Å²) in [6, 6.07) is 14.7. The lowest BCUT2D eigenvalue weighted by molar-refractivity contribution is 0.185. The summed E-state index contributed by atoms with van der Waals surface area (Å²) in [5.74, 6) is 0.784. The predicted octanol–water partition coefficient (Wildman–Crippen LogP) is 4.17. The van der Waals surface area contributed by atoms with Crippen molar-refractivity contribution in [1.29, 1.82) is 5.26 Å². The maximum Gasteiger partial charge on any atom is 0.180 e. The number of hydrogen-bond acceptors (Lipinski definition) is 3.